The summed E-state index contributed by atoms with van der Waals surface area (Å²) in [6, 6.07) is 27.6. The summed E-state index contributed by atoms with van der Waals surface area (Å²) in [5.74, 6) is -3.01. The van der Waals surface area contributed by atoms with Gasteiger partial charge in [0, 0.05) is 24.8 Å². The molecule has 0 saturated carbocycles. The number of anilines is 2. The van der Waals surface area contributed by atoms with Gasteiger partial charge in [-0.05, 0) is 58.7 Å². The van der Waals surface area contributed by atoms with E-state index in [9.17, 15) is 19.2 Å². The van der Waals surface area contributed by atoms with Gasteiger partial charge >= 0.3 is 5.97 Å². The van der Waals surface area contributed by atoms with E-state index in [1.54, 1.807) is 42.5 Å². The summed E-state index contributed by atoms with van der Waals surface area (Å²) in [6.07, 6.45) is -0.0214. The second-order valence-electron chi connectivity index (χ2n) is 11.7. The number of benzene rings is 4. The van der Waals surface area contributed by atoms with Crippen LogP contribution in [-0.2, 0) is 19.2 Å². The smallest absolute Gasteiger partial charge is 0.316 e. The van der Waals surface area contributed by atoms with Crippen molar-refractivity contribution < 1.29 is 23.9 Å². The summed E-state index contributed by atoms with van der Waals surface area (Å²) in [5.41, 5.74) is 5.34. The minimum Gasteiger partial charge on any atom is -0.426 e. The van der Waals surface area contributed by atoms with E-state index in [1.165, 1.54) is 9.80 Å². The van der Waals surface area contributed by atoms with Crippen LogP contribution in [0.4, 0.5) is 11.4 Å². The van der Waals surface area contributed by atoms with Crippen LogP contribution in [-0.4, -0.2) is 30.2 Å². The van der Waals surface area contributed by atoms with Crippen molar-refractivity contribution in [3.8, 4) is 5.75 Å². The van der Waals surface area contributed by atoms with Crippen LogP contribution in [0.25, 0.3) is 0 Å². The monoisotopic (exact) mass is 622 g/mol. The van der Waals surface area contributed by atoms with Crippen LogP contribution >= 0.6 is 23.2 Å². The number of carbonyl (C=O) groups is 4. The van der Waals surface area contributed by atoms with Crippen molar-refractivity contribution in [2.24, 2.45) is 17.8 Å². The Kier molecular flexibility index (Phi) is 6.19. The van der Waals surface area contributed by atoms with Crippen molar-refractivity contribution >= 4 is 58.3 Å². The Hall–Kier alpha value is -4.46. The highest BCUT2D eigenvalue weighted by Gasteiger charge is 2.61. The summed E-state index contributed by atoms with van der Waals surface area (Å²) in [4.78, 5) is 56.4. The van der Waals surface area contributed by atoms with Gasteiger partial charge in [0.25, 0.3) is 0 Å². The fourth-order valence-electron chi connectivity index (χ4n) is 7.59. The summed E-state index contributed by atoms with van der Waals surface area (Å²) >= 11 is 12.4. The highest BCUT2D eigenvalue weighted by atomic mass is 35.5. The van der Waals surface area contributed by atoms with Crippen LogP contribution in [0.3, 0.4) is 0 Å². The Bertz CT molecular complexity index is 1790. The first-order chi connectivity index (χ1) is 21.3. The molecule has 2 aliphatic heterocycles. The van der Waals surface area contributed by atoms with Gasteiger partial charge in [-0.25, -0.2) is 4.90 Å². The van der Waals surface area contributed by atoms with E-state index in [0.29, 0.717) is 16.4 Å². The van der Waals surface area contributed by atoms with Crippen molar-refractivity contribution in [3.05, 3.63) is 123 Å². The molecule has 0 radical (unpaired) electrons. The molecule has 0 aromatic heterocycles. The zero-order valence-electron chi connectivity index (χ0n) is 23.2. The number of carbonyl (C=O) groups excluding carboxylic acids is 4. The van der Waals surface area contributed by atoms with Crippen molar-refractivity contribution in [3.63, 3.8) is 0 Å². The van der Waals surface area contributed by atoms with Crippen molar-refractivity contribution in [1.29, 1.82) is 0 Å². The first kappa shape index (κ1) is 27.1. The molecule has 3 amide bonds. The molecule has 3 atom stereocenters. The molecule has 2 saturated heterocycles. The maximum Gasteiger partial charge on any atom is 0.316 e. The zero-order chi connectivity index (χ0) is 30.3. The molecule has 5 aliphatic rings. The van der Waals surface area contributed by atoms with E-state index in [2.05, 4.69) is 24.3 Å². The average Bonchev–Trinajstić information content (AvgIpc) is 3.55. The summed E-state index contributed by atoms with van der Waals surface area (Å²) in [5, 5.41) is 0.567. The molecule has 2 heterocycles. The minimum atomic E-state index is -0.694. The fraction of sp³-hybridized carbons (Fsp3) is 0.200. The van der Waals surface area contributed by atoms with Crippen molar-refractivity contribution in [2.45, 2.75) is 18.3 Å². The van der Waals surface area contributed by atoms with Gasteiger partial charge in [0.2, 0.25) is 17.7 Å². The number of ether oxygens (including phenoxy) is 1. The van der Waals surface area contributed by atoms with E-state index in [1.807, 2.05) is 24.3 Å². The number of rotatable bonds is 4. The Morgan fingerprint density at radius 2 is 1.25 bits per heavy atom. The largest absolute Gasteiger partial charge is 0.426 e. The van der Waals surface area contributed by atoms with Crippen LogP contribution in [0, 0.1) is 17.8 Å². The molecule has 4 aromatic rings. The third-order valence-corrected chi connectivity index (χ3v) is 10.3. The molecule has 44 heavy (non-hydrogen) atoms. The van der Waals surface area contributed by atoms with Gasteiger partial charge in [-0.3, -0.25) is 19.2 Å². The maximum atomic E-state index is 14.0. The number of imide groups is 1. The third kappa shape index (κ3) is 3.89. The van der Waals surface area contributed by atoms with Crippen LogP contribution in [0.15, 0.2) is 91.0 Å². The molecule has 0 spiro atoms. The van der Waals surface area contributed by atoms with E-state index < -0.39 is 23.7 Å². The quantitative estimate of drug-likeness (QED) is 0.150. The molecular weight excluding hydrogens is 599 g/mol. The third-order valence-electron chi connectivity index (χ3n) is 9.44. The number of hydrogen-bond acceptors (Lipinski definition) is 5. The molecule has 0 N–H and O–H groups in total. The normalized spacial score (nSPS) is 24.8. The summed E-state index contributed by atoms with van der Waals surface area (Å²) in [6.45, 7) is 0.114. The average molecular weight is 623 g/mol. The number of halogens is 2. The zero-order valence-corrected chi connectivity index (χ0v) is 24.7. The molecule has 9 rings (SSSR count). The lowest BCUT2D eigenvalue weighted by molar-refractivity contribution is -0.139. The molecule has 3 aliphatic carbocycles. The first-order valence-corrected chi connectivity index (χ1v) is 15.2. The van der Waals surface area contributed by atoms with Gasteiger partial charge in [0.15, 0.2) is 0 Å². The highest BCUT2D eigenvalue weighted by Crippen LogP contribution is 2.61. The Labute approximate surface area is 262 Å². The predicted octanol–water partition coefficient (Wildman–Crippen LogP) is 6.35. The lowest BCUT2D eigenvalue weighted by Gasteiger charge is -2.45. The molecule has 0 unspecified atom stereocenters. The van der Waals surface area contributed by atoms with Crippen LogP contribution in [0.2, 0.25) is 10.0 Å². The SMILES string of the molecule is O=C(Oc1ccc(N2C(=O)[C@@H]3C4c5ccccc5C(c5ccccc54)[C@H]3C2=O)cc1)[C@H]1CC(=O)N(c2cccc(Cl)c2Cl)C1. The van der Waals surface area contributed by atoms with E-state index in [0.717, 1.165) is 22.3 Å². The fourth-order valence-corrected chi connectivity index (χ4v) is 7.99. The molecule has 7 nitrogen and oxygen atoms in total. The number of hydrogen-bond donors (Lipinski definition) is 0. The lowest BCUT2D eigenvalue weighted by Crippen LogP contribution is -2.41. The predicted molar refractivity (Wildman–Crippen MR) is 165 cm³/mol. The second kappa shape index (κ2) is 10.0. The van der Waals surface area contributed by atoms with Gasteiger partial charge in [0.05, 0.1) is 39.2 Å². The Morgan fingerprint density at radius 1 is 0.705 bits per heavy atom. The van der Waals surface area contributed by atoms with Gasteiger partial charge in [0.1, 0.15) is 5.75 Å². The molecule has 4 aromatic carbocycles. The lowest BCUT2D eigenvalue weighted by atomic mass is 9.55. The molecular formula is C35H24Cl2N2O5. The van der Waals surface area contributed by atoms with Gasteiger partial charge < -0.3 is 9.64 Å². The molecule has 2 bridgehead atoms. The first-order valence-electron chi connectivity index (χ1n) is 14.4. The number of nitrogens with zero attached hydrogens (tertiary/aromatic N) is 2. The van der Waals surface area contributed by atoms with E-state index >= 15 is 0 Å². The van der Waals surface area contributed by atoms with Crippen LogP contribution in [0.5, 0.6) is 5.75 Å². The van der Waals surface area contributed by atoms with Crippen molar-refractivity contribution in [2.75, 3.05) is 16.3 Å². The molecule has 218 valence electrons. The second-order valence-corrected chi connectivity index (χ2v) is 12.5. The highest BCUT2D eigenvalue weighted by molar-refractivity contribution is 6.44. The Balaban J connectivity index is 1.02. The summed E-state index contributed by atoms with van der Waals surface area (Å²) < 4.78 is 5.61. The summed E-state index contributed by atoms with van der Waals surface area (Å²) in [7, 11) is 0. The van der Waals surface area contributed by atoms with E-state index in [-0.39, 0.29) is 53.3 Å². The minimum absolute atomic E-state index is 0.0214. The van der Waals surface area contributed by atoms with Crippen LogP contribution in [0.1, 0.15) is 40.5 Å². The van der Waals surface area contributed by atoms with E-state index in [4.69, 9.17) is 27.9 Å². The number of amides is 3. The topological polar surface area (TPSA) is 84.0 Å². The maximum absolute atomic E-state index is 14.0. The van der Waals surface area contributed by atoms with Crippen LogP contribution < -0.4 is 14.5 Å². The molecule has 2 fully saturated rings. The Morgan fingerprint density at radius 3 is 1.80 bits per heavy atom. The van der Waals surface area contributed by atoms with Gasteiger partial charge in [-0.1, -0.05) is 77.8 Å². The number of esters is 1. The standard InChI is InChI=1S/C35H24Cl2N2O5/c36-25-10-5-11-26(32(25)37)38-17-18(16-27(38)40)35(43)44-20-14-12-19(13-15-20)39-33(41)30-28-21-6-1-2-7-22(21)29(31(30)34(39)42)24-9-4-3-8-23(24)28/h1-15,18,28-31H,16-17H2/t18-,28?,29?,30+,31+/m0/s1. The molecule has 9 heteroatoms. The van der Waals surface area contributed by atoms with Crippen molar-refractivity contribution in [1.82, 2.24) is 0 Å². The van der Waals surface area contributed by atoms with Gasteiger partial charge in [-0.15, -0.1) is 0 Å². The van der Waals surface area contributed by atoms with Gasteiger partial charge in [-0.2, -0.15) is 0 Å².